The fourth-order valence-corrected chi connectivity index (χ4v) is 6.36. The number of carboxylic acid groups (broad SMARTS) is 1. The van der Waals surface area contributed by atoms with Gasteiger partial charge in [0.1, 0.15) is 10.6 Å². The van der Waals surface area contributed by atoms with Crippen molar-refractivity contribution in [3.05, 3.63) is 58.3 Å². The van der Waals surface area contributed by atoms with E-state index in [1.807, 2.05) is 43.3 Å². The topological polar surface area (TPSA) is 87.1 Å². The third kappa shape index (κ3) is 8.17. The molecule has 0 radical (unpaired) electrons. The lowest BCUT2D eigenvalue weighted by Gasteiger charge is -2.29. The summed E-state index contributed by atoms with van der Waals surface area (Å²) in [7, 11) is 1.74. The molecule has 1 heterocycles. The summed E-state index contributed by atoms with van der Waals surface area (Å²) in [6, 6.07) is 11.9. The van der Waals surface area contributed by atoms with Gasteiger partial charge in [0, 0.05) is 17.8 Å². The summed E-state index contributed by atoms with van der Waals surface area (Å²) < 4.78 is 6.11. The average molecular weight is 528 g/mol. The maximum absolute atomic E-state index is 13.1. The van der Waals surface area contributed by atoms with Crippen LogP contribution in [0.5, 0.6) is 5.75 Å². The van der Waals surface area contributed by atoms with Gasteiger partial charge in [-0.15, -0.1) is 11.3 Å². The number of rotatable bonds is 7. The van der Waals surface area contributed by atoms with E-state index in [9.17, 15) is 14.7 Å². The minimum atomic E-state index is -0.950. The van der Waals surface area contributed by atoms with Crippen molar-refractivity contribution in [3.8, 4) is 5.75 Å². The van der Waals surface area contributed by atoms with Gasteiger partial charge in [0.15, 0.2) is 0 Å². The van der Waals surface area contributed by atoms with Gasteiger partial charge in [-0.2, -0.15) is 0 Å². The number of para-hydroxylation sites is 1. The third-order valence-corrected chi connectivity index (χ3v) is 8.72. The number of aliphatic hydroxyl groups is 1. The summed E-state index contributed by atoms with van der Waals surface area (Å²) in [5, 5.41) is 17.8. The summed E-state index contributed by atoms with van der Waals surface area (Å²) in [4.78, 5) is 28.0. The number of amides is 1. The van der Waals surface area contributed by atoms with E-state index in [1.165, 1.54) is 11.3 Å². The average Bonchev–Trinajstić information content (AvgIpc) is 3.36. The number of hydrogen-bond acceptors (Lipinski definition) is 5. The summed E-state index contributed by atoms with van der Waals surface area (Å²) in [6.07, 6.45) is 11.4. The first-order valence-corrected chi connectivity index (χ1v) is 14.2. The minimum Gasteiger partial charge on any atom is -0.490 e. The molecule has 202 valence electrons. The van der Waals surface area contributed by atoms with E-state index in [2.05, 4.69) is 6.92 Å². The molecule has 0 unspecified atom stereocenters. The lowest BCUT2D eigenvalue weighted by molar-refractivity contribution is -0.123. The van der Waals surface area contributed by atoms with E-state index < -0.39 is 5.97 Å². The second-order valence-corrected chi connectivity index (χ2v) is 11.3. The van der Waals surface area contributed by atoms with Crippen LogP contribution >= 0.6 is 11.3 Å². The highest BCUT2D eigenvalue weighted by molar-refractivity contribution is 7.14. The van der Waals surface area contributed by atoms with E-state index in [4.69, 9.17) is 9.84 Å². The molecule has 2 aliphatic carbocycles. The maximum Gasteiger partial charge on any atom is 0.348 e. The fourth-order valence-electron chi connectivity index (χ4n) is 5.17. The zero-order valence-corrected chi connectivity index (χ0v) is 23.1. The molecule has 2 N–H and O–H groups in total. The van der Waals surface area contributed by atoms with Gasteiger partial charge in [-0.05, 0) is 88.3 Å². The molecule has 6 nitrogen and oxygen atoms in total. The lowest BCUT2D eigenvalue weighted by Crippen LogP contribution is -2.35. The third-order valence-electron chi connectivity index (χ3n) is 7.45. The normalized spacial score (nSPS) is 23.7. The van der Waals surface area contributed by atoms with Gasteiger partial charge in [-0.3, -0.25) is 4.79 Å². The predicted molar refractivity (Wildman–Crippen MR) is 150 cm³/mol. The van der Waals surface area contributed by atoms with Gasteiger partial charge in [-0.25, -0.2) is 4.79 Å². The van der Waals surface area contributed by atoms with E-state index in [1.54, 1.807) is 24.1 Å². The van der Waals surface area contributed by atoms with Crippen LogP contribution in [0, 0.1) is 11.8 Å². The van der Waals surface area contributed by atoms with Gasteiger partial charge < -0.3 is 19.8 Å². The van der Waals surface area contributed by atoms with Crippen LogP contribution < -0.4 is 9.64 Å². The van der Waals surface area contributed by atoms with Crippen LogP contribution in [0.3, 0.4) is 0 Å². The molecule has 37 heavy (non-hydrogen) atoms. The molecule has 0 bridgehead atoms. The molecule has 7 heteroatoms. The number of benzene rings is 1. The Morgan fingerprint density at radius 2 is 1.70 bits per heavy atom. The molecule has 2 aromatic rings. The molecular weight excluding hydrogens is 486 g/mol. The molecule has 1 aromatic carbocycles. The van der Waals surface area contributed by atoms with Crippen molar-refractivity contribution >= 4 is 28.9 Å². The van der Waals surface area contributed by atoms with Crippen molar-refractivity contribution in [2.45, 2.75) is 77.2 Å². The number of ether oxygens (including phenoxy) is 1. The molecule has 0 spiro atoms. The van der Waals surface area contributed by atoms with Crippen molar-refractivity contribution in [3.63, 3.8) is 0 Å². The molecule has 2 saturated carbocycles. The van der Waals surface area contributed by atoms with Crippen molar-refractivity contribution in [1.29, 1.82) is 0 Å². The van der Waals surface area contributed by atoms with Gasteiger partial charge in [0.05, 0.1) is 18.4 Å². The Morgan fingerprint density at radius 3 is 2.24 bits per heavy atom. The van der Waals surface area contributed by atoms with Crippen molar-refractivity contribution < 1.29 is 24.5 Å². The van der Waals surface area contributed by atoms with Crippen LogP contribution in [0.4, 0.5) is 5.69 Å². The van der Waals surface area contributed by atoms with Gasteiger partial charge >= 0.3 is 5.97 Å². The summed E-state index contributed by atoms with van der Waals surface area (Å²) >= 11 is 1.34. The van der Waals surface area contributed by atoms with Gasteiger partial charge in [-0.1, -0.05) is 37.3 Å². The molecule has 1 amide bonds. The van der Waals surface area contributed by atoms with Crippen molar-refractivity contribution in [2.24, 2.45) is 11.8 Å². The number of nitrogens with zero attached hydrogens (tertiary/aromatic N) is 1. The standard InChI is InChI=1S/C26H33NO4S.C4H8O/c1-17-8-10-19(11-9-17)25(28)27(2)22-16-23(32-24(22)26(29)30)18-12-14-21(15-13-18)31-20-6-4-3-5-7-20;1-2-3-4-5/h3-7,16-19,21H,8-15H2,1-2H3,(H,29,30);2-3,5H,4H2,1H3. The van der Waals surface area contributed by atoms with Crippen LogP contribution in [0.15, 0.2) is 48.6 Å². The van der Waals surface area contributed by atoms with Crippen LogP contribution in [0.25, 0.3) is 0 Å². The monoisotopic (exact) mass is 527 g/mol. The lowest BCUT2D eigenvalue weighted by atomic mass is 9.82. The predicted octanol–water partition coefficient (Wildman–Crippen LogP) is 6.90. The zero-order chi connectivity index (χ0) is 26.8. The molecular formula is C30H41NO5S. The molecule has 0 saturated heterocycles. The highest BCUT2D eigenvalue weighted by atomic mass is 32.1. The molecule has 0 aliphatic heterocycles. The van der Waals surface area contributed by atoms with Crippen LogP contribution in [-0.4, -0.2) is 41.8 Å². The first kappa shape index (κ1) is 28.9. The highest BCUT2D eigenvalue weighted by Crippen LogP contribution is 2.42. The highest BCUT2D eigenvalue weighted by Gasteiger charge is 2.32. The zero-order valence-electron chi connectivity index (χ0n) is 22.3. The van der Waals surface area contributed by atoms with E-state index >= 15 is 0 Å². The van der Waals surface area contributed by atoms with E-state index in [0.717, 1.165) is 62.0 Å². The first-order chi connectivity index (χ1) is 17.8. The number of carboxylic acids is 1. The molecule has 2 aliphatic rings. The summed E-state index contributed by atoms with van der Waals surface area (Å²) in [5.41, 5.74) is 0.559. The first-order valence-electron chi connectivity index (χ1n) is 13.4. The van der Waals surface area contributed by atoms with Gasteiger partial charge in [0.2, 0.25) is 5.91 Å². The molecule has 0 atom stereocenters. The Kier molecular flexibility index (Phi) is 11.2. The second-order valence-electron chi connectivity index (χ2n) is 10.2. The minimum absolute atomic E-state index is 0.00627. The Bertz CT molecular complexity index is 1020. The Morgan fingerprint density at radius 1 is 1.05 bits per heavy atom. The number of anilines is 1. The Labute approximate surface area is 225 Å². The van der Waals surface area contributed by atoms with Crippen LogP contribution in [-0.2, 0) is 4.79 Å². The second kappa shape index (κ2) is 14.3. The number of carbonyl (C=O) groups excluding carboxylic acids is 1. The Hall–Kier alpha value is -2.64. The van der Waals surface area contributed by atoms with Crippen molar-refractivity contribution in [1.82, 2.24) is 0 Å². The summed E-state index contributed by atoms with van der Waals surface area (Å²) in [5.74, 6) is 1.01. The fraction of sp³-hybridized carbons (Fsp3) is 0.533. The number of hydrogen-bond donors (Lipinski definition) is 2. The smallest absolute Gasteiger partial charge is 0.348 e. The van der Waals surface area contributed by atoms with Gasteiger partial charge in [0.25, 0.3) is 0 Å². The van der Waals surface area contributed by atoms with E-state index in [0.29, 0.717) is 17.5 Å². The number of aromatic carboxylic acids is 1. The molecule has 1 aromatic heterocycles. The maximum atomic E-state index is 13.1. The van der Waals surface area contributed by atoms with E-state index in [-0.39, 0.29) is 29.4 Å². The SMILES string of the molecule is CC1CCC(C(=O)N(C)c2cc(C3CCC(Oc4ccccc4)CC3)sc2C(=O)O)CC1.CC=CCO. The van der Waals surface area contributed by atoms with Crippen LogP contribution in [0.1, 0.15) is 85.7 Å². The Balaban J connectivity index is 0.000000695. The number of carbonyl (C=O) groups is 2. The molecule has 4 rings (SSSR count). The number of thiophene rings is 1. The quantitative estimate of drug-likeness (QED) is 0.383. The summed E-state index contributed by atoms with van der Waals surface area (Å²) in [6.45, 7) is 4.27. The van der Waals surface area contributed by atoms with Crippen molar-refractivity contribution in [2.75, 3.05) is 18.6 Å². The largest absolute Gasteiger partial charge is 0.490 e. The molecule has 2 fully saturated rings. The van der Waals surface area contributed by atoms with Crippen LogP contribution in [0.2, 0.25) is 0 Å². The number of allylic oxidation sites excluding steroid dienone is 1. The number of aliphatic hydroxyl groups excluding tert-OH is 1.